The average Bonchev–Trinajstić information content (AvgIpc) is 2.64. The quantitative estimate of drug-likeness (QED) is 0.803. The van der Waals surface area contributed by atoms with Gasteiger partial charge in [0.1, 0.15) is 5.69 Å². The summed E-state index contributed by atoms with van der Waals surface area (Å²) >= 11 is 0. The molecule has 6 rings (SSSR count). The molecule has 4 saturated carbocycles. The molecule has 140 valence electrons. The normalized spacial score (nSPS) is 31.1. The SMILES string of the molecule is CC(=O)NNC(=O)c1cc(C23CC4CC(CC(C4)C2)C3)c2ccccc2n1. The molecule has 4 aliphatic carbocycles. The van der Waals surface area contributed by atoms with E-state index in [2.05, 4.69) is 28.0 Å². The highest BCUT2D eigenvalue weighted by atomic mass is 16.2. The minimum Gasteiger partial charge on any atom is -0.274 e. The van der Waals surface area contributed by atoms with E-state index in [1.165, 1.54) is 56.4 Å². The van der Waals surface area contributed by atoms with Crippen molar-refractivity contribution in [1.29, 1.82) is 0 Å². The summed E-state index contributed by atoms with van der Waals surface area (Å²) < 4.78 is 0. The molecule has 5 nitrogen and oxygen atoms in total. The number of aromatic nitrogens is 1. The first-order chi connectivity index (χ1) is 13.0. The molecule has 1 aromatic carbocycles. The van der Waals surface area contributed by atoms with Crippen molar-refractivity contribution in [2.45, 2.75) is 50.9 Å². The van der Waals surface area contributed by atoms with Crippen LogP contribution in [0.1, 0.15) is 61.5 Å². The summed E-state index contributed by atoms with van der Waals surface area (Å²) in [6.07, 6.45) is 7.87. The van der Waals surface area contributed by atoms with E-state index in [-0.39, 0.29) is 17.2 Å². The molecule has 5 heteroatoms. The Morgan fingerprint density at radius 3 is 2.26 bits per heavy atom. The van der Waals surface area contributed by atoms with Crippen molar-refractivity contribution in [2.24, 2.45) is 17.8 Å². The lowest BCUT2D eigenvalue weighted by Crippen LogP contribution is -2.48. The number of pyridine rings is 1. The van der Waals surface area contributed by atoms with E-state index in [1.807, 2.05) is 18.2 Å². The van der Waals surface area contributed by atoms with Gasteiger partial charge >= 0.3 is 0 Å². The maximum absolute atomic E-state index is 12.6. The van der Waals surface area contributed by atoms with Crippen LogP contribution >= 0.6 is 0 Å². The van der Waals surface area contributed by atoms with Crippen molar-refractivity contribution < 1.29 is 9.59 Å². The van der Waals surface area contributed by atoms with Gasteiger partial charge in [-0.25, -0.2) is 4.98 Å². The van der Waals surface area contributed by atoms with E-state index in [9.17, 15) is 9.59 Å². The van der Waals surface area contributed by atoms with Gasteiger partial charge in [0.2, 0.25) is 5.91 Å². The van der Waals surface area contributed by atoms with Crippen LogP contribution in [0.25, 0.3) is 10.9 Å². The van der Waals surface area contributed by atoms with Crippen LogP contribution in [0.2, 0.25) is 0 Å². The Hall–Kier alpha value is -2.43. The van der Waals surface area contributed by atoms with Crippen LogP contribution in [-0.2, 0) is 10.2 Å². The second-order valence-corrected chi connectivity index (χ2v) is 8.91. The molecule has 4 fully saturated rings. The van der Waals surface area contributed by atoms with E-state index in [4.69, 9.17) is 0 Å². The molecule has 1 heterocycles. The van der Waals surface area contributed by atoms with E-state index in [1.54, 1.807) is 0 Å². The van der Waals surface area contributed by atoms with Crippen LogP contribution < -0.4 is 10.9 Å². The molecule has 0 spiro atoms. The predicted molar refractivity (Wildman–Crippen MR) is 103 cm³/mol. The van der Waals surface area contributed by atoms with Crippen molar-refractivity contribution in [2.75, 3.05) is 0 Å². The Bertz CT molecular complexity index is 901. The zero-order valence-corrected chi connectivity index (χ0v) is 15.6. The number of carbonyl (C=O) groups is 2. The Morgan fingerprint density at radius 2 is 1.63 bits per heavy atom. The zero-order chi connectivity index (χ0) is 18.6. The second-order valence-electron chi connectivity index (χ2n) is 8.91. The summed E-state index contributed by atoms with van der Waals surface area (Å²) in [5, 5.41) is 1.18. The van der Waals surface area contributed by atoms with Gasteiger partial charge in [0, 0.05) is 12.3 Å². The Balaban J connectivity index is 1.61. The molecule has 2 aromatic rings. The van der Waals surface area contributed by atoms with E-state index in [0.29, 0.717) is 5.69 Å². The van der Waals surface area contributed by atoms with Crippen molar-refractivity contribution in [3.63, 3.8) is 0 Å². The zero-order valence-electron chi connectivity index (χ0n) is 15.6. The number of nitrogens with zero attached hydrogens (tertiary/aromatic N) is 1. The van der Waals surface area contributed by atoms with Crippen LogP contribution in [0.15, 0.2) is 30.3 Å². The molecule has 2 amide bonds. The lowest BCUT2D eigenvalue weighted by atomic mass is 9.48. The van der Waals surface area contributed by atoms with Crippen LogP contribution in [0.4, 0.5) is 0 Å². The van der Waals surface area contributed by atoms with Gasteiger partial charge in [-0.1, -0.05) is 18.2 Å². The van der Waals surface area contributed by atoms with Crippen LogP contribution in [-0.4, -0.2) is 16.8 Å². The van der Waals surface area contributed by atoms with Gasteiger partial charge in [-0.05, 0) is 79.4 Å². The smallest absolute Gasteiger partial charge is 0.274 e. The number of carbonyl (C=O) groups excluding carboxylic acids is 2. The van der Waals surface area contributed by atoms with Crippen LogP contribution in [0.5, 0.6) is 0 Å². The molecule has 4 aliphatic rings. The largest absolute Gasteiger partial charge is 0.288 e. The van der Waals surface area contributed by atoms with Crippen LogP contribution in [0.3, 0.4) is 0 Å². The number of nitrogens with one attached hydrogen (secondary N) is 2. The summed E-state index contributed by atoms with van der Waals surface area (Å²) in [6.45, 7) is 1.37. The highest BCUT2D eigenvalue weighted by molar-refractivity contribution is 5.97. The Labute approximate surface area is 158 Å². The summed E-state index contributed by atoms with van der Waals surface area (Å²) in [5.74, 6) is 1.84. The van der Waals surface area contributed by atoms with Crippen molar-refractivity contribution >= 4 is 22.7 Å². The van der Waals surface area contributed by atoms with E-state index < -0.39 is 0 Å². The summed E-state index contributed by atoms with van der Waals surface area (Å²) in [4.78, 5) is 28.3. The lowest BCUT2D eigenvalue weighted by molar-refractivity contribution is -0.119. The lowest BCUT2D eigenvalue weighted by Gasteiger charge is -2.57. The van der Waals surface area contributed by atoms with Gasteiger partial charge in [0.15, 0.2) is 0 Å². The molecular formula is C22H25N3O2. The first-order valence-electron chi connectivity index (χ1n) is 10.00. The second kappa shape index (κ2) is 6.04. The number of hydrogen-bond acceptors (Lipinski definition) is 3. The van der Waals surface area contributed by atoms with Gasteiger partial charge in [0.25, 0.3) is 5.91 Å². The molecule has 4 bridgehead atoms. The third-order valence-electron chi connectivity index (χ3n) is 6.91. The van der Waals surface area contributed by atoms with Gasteiger partial charge < -0.3 is 0 Å². The number of rotatable bonds is 2. The van der Waals surface area contributed by atoms with Crippen LogP contribution in [0, 0.1) is 17.8 Å². The highest BCUT2D eigenvalue weighted by Crippen LogP contribution is 2.61. The molecular weight excluding hydrogens is 338 g/mol. The fraction of sp³-hybridized carbons (Fsp3) is 0.500. The minimum absolute atomic E-state index is 0.181. The Kier molecular flexibility index (Phi) is 3.74. The first-order valence-corrected chi connectivity index (χ1v) is 10.00. The van der Waals surface area contributed by atoms with E-state index >= 15 is 0 Å². The number of hydrogen-bond donors (Lipinski definition) is 2. The Morgan fingerprint density at radius 1 is 1.00 bits per heavy atom. The van der Waals surface area contributed by atoms with E-state index in [0.717, 1.165) is 23.3 Å². The highest BCUT2D eigenvalue weighted by Gasteiger charge is 2.52. The number of amides is 2. The molecule has 0 aliphatic heterocycles. The molecule has 0 unspecified atom stereocenters. The molecule has 0 saturated heterocycles. The van der Waals surface area contributed by atoms with Crippen molar-refractivity contribution in [3.05, 3.63) is 41.6 Å². The predicted octanol–water partition coefficient (Wildman–Crippen LogP) is 3.48. The number of para-hydroxylation sites is 1. The van der Waals surface area contributed by atoms with Gasteiger partial charge in [0.05, 0.1) is 5.52 Å². The molecule has 27 heavy (non-hydrogen) atoms. The number of hydrazine groups is 1. The fourth-order valence-electron chi connectivity index (χ4n) is 6.38. The maximum atomic E-state index is 12.6. The summed E-state index contributed by atoms with van der Waals surface area (Å²) in [5.41, 5.74) is 7.55. The third-order valence-corrected chi connectivity index (χ3v) is 6.91. The monoisotopic (exact) mass is 363 g/mol. The maximum Gasteiger partial charge on any atom is 0.288 e. The fourth-order valence-corrected chi connectivity index (χ4v) is 6.38. The van der Waals surface area contributed by atoms with Gasteiger partial charge in [-0.2, -0.15) is 0 Å². The minimum atomic E-state index is -0.359. The average molecular weight is 363 g/mol. The molecule has 0 atom stereocenters. The molecule has 0 radical (unpaired) electrons. The topological polar surface area (TPSA) is 71.1 Å². The third kappa shape index (κ3) is 2.80. The van der Waals surface area contributed by atoms with Gasteiger partial charge in [-0.3, -0.25) is 20.4 Å². The number of benzene rings is 1. The number of fused-ring (bicyclic) bond motifs is 1. The summed E-state index contributed by atoms with van der Waals surface area (Å²) in [6, 6.07) is 10.1. The molecule has 2 N–H and O–H groups in total. The summed E-state index contributed by atoms with van der Waals surface area (Å²) in [7, 11) is 0. The first kappa shape index (κ1) is 16.7. The van der Waals surface area contributed by atoms with Crippen molar-refractivity contribution in [3.8, 4) is 0 Å². The van der Waals surface area contributed by atoms with Crippen molar-refractivity contribution in [1.82, 2.24) is 15.8 Å². The standard InChI is InChI=1S/C22H25N3O2/c1-13(26)24-25-21(27)20-9-18(17-4-2-3-5-19(17)23-20)22-10-14-6-15(11-22)8-16(7-14)12-22/h2-5,9,14-16H,6-8,10-12H2,1H3,(H,24,26)(H,25,27). The molecule has 1 aromatic heterocycles. The van der Waals surface area contributed by atoms with Gasteiger partial charge in [-0.15, -0.1) is 0 Å².